The highest BCUT2D eigenvalue weighted by molar-refractivity contribution is 6.31. The number of hydrogen-bond acceptors (Lipinski definition) is 3. The molecule has 0 radical (unpaired) electrons. The standard InChI is InChI=1S/C20H20ClN3O3/c1-4-13-6-9-17-15(10-13)12(3)19(23(17)5-2)20(25)22-16-8-7-14(21)11-18(16)24(26)27/h6-11H,4-5H2,1-3H3,(H,22,25). The van der Waals surface area contributed by atoms with Crippen LogP contribution in [0.1, 0.15) is 35.5 Å². The zero-order valence-electron chi connectivity index (χ0n) is 15.4. The van der Waals surface area contributed by atoms with Crippen molar-refractivity contribution < 1.29 is 9.72 Å². The third-order valence-corrected chi connectivity index (χ3v) is 4.96. The third kappa shape index (κ3) is 3.40. The smallest absolute Gasteiger partial charge is 0.294 e. The minimum atomic E-state index is -0.558. The number of aromatic nitrogens is 1. The van der Waals surface area contributed by atoms with Crippen LogP contribution >= 0.6 is 11.6 Å². The van der Waals surface area contributed by atoms with Crippen LogP contribution in [0.5, 0.6) is 0 Å². The zero-order chi connectivity index (χ0) is 19.7. The van der Waals surface area contributed by atoms with Crippen LogP contribution in [-0.4, -0.2) is 15.4 Å². The van der Waals surface area contributed by atoms with Crippen molar-refractivity contribution in [3.8, 4) is 0 Å². The molecule has 3 aromatic rings. The molecule has 0 bridgehead atoms. The lowest BCUT2D eigenvalue weighted by atomic mass is 10.1. The highest BCUT2D eigenvalue weighted by atomic mass is 35.5. The van der Waals surface area contributed by atoms with Gasteiger partial charge in [0, 0.05) is 28.5 Å². The van der Waals surface area contributed by atoms with Gasteiger partial charge in [-0.25, -0.2) is 0 Å². The van der Waals surface area contributed by atoms with Crippen LogP contribution in [0.3, 0.4) is 0 Å². The minimum Gasteiger partial charge on any atom is -0.337 e. The Morgan fingerprint density at radius 2 is 1.96 bits per heavy atom. The van der Waals surface area contributed by atoms with Crippen LogP contribution in [0.15, 0.2) is 36.4 Å². The third-order valence-electron chi connectivity index (χ3n) is 4.73. The fraction of sp³-hybridized carbons (Fsp3) is 0.250. The van der Waals surface area contributed by atoms with E-state index in [1.165, 1.54) is 23.8 Å². The van der Waals surface area contributed by atoms with Crippen LogP contribution in [0, 0.1) is 17.0 Å². The van der Waals surface area contributed by atoms with Crippen molar-refractivity contribution >= 4 is 39.8 Å². The second kappa shape index (κ2) is 7.40. The number of amides is 1. The molecule has 0 fully saturated rings. The Morgan fingerprint density at radius 3 is 2.59 bits per heavy atom. The number of nitro groups is 1. The van der Waals surface area contributed by atoms with E-state index in [1.54, 1.807) is 0 Å². The molecule has 27 heavy (non-hydrogen) atoms. The fourth-order valence-electron chi connectivity index (χ4n) is 3.35. The highest BCUT2D eigenvalue weighted by Crippen LogP contribution is 2.31. The monoisotopic (exact) mass is 385 g/mol. The number of carbonyl (C=O) groups is 1. The van der Waals surface area contributed by atoms with Gasteiger partial charge in [-0.1, -0.05) is 24.6 Å². The highest BCUT2D eigenvalue weighted by Gasteiger charge is 2.23. The maximum atomic E-state index is 13.0. The van der Waals surface area contributed by atoms with Crippen LogP contribution in [0.4, 0.5) is 11.4 Å². The first kappa shape index (κ1) is 18.9. The van der Waals surface area contributed by atoms with Crippen molar-refractivity contribution in [3.05, 3.63) is 68.4 Å². The Labute approximate surface area is 161 Å². The van der Waals surface area contributed by atoms with Gasteiger partial charge in [0.25, 0.3) is 11.6 Å². The van der Waals surface area contributed by atoms with E-state index in [-0.39, 0.29) is 22.3 Å². The summed E-state index contributed by atoms with van der Waals surface area (Å²) in [5, 5.41) is 15.2. The SMILES string of the molecule is CCc1ccc2c(c1)c(C)c(C(=O)Nc1ccc(Cl)cc1[N+](=O)[O-])n2CC. The molecule has 1 aromatic heterocycles. The second-order valence-corrected chi connectivity index (χ2v) is 6.73. The van der Waals surface area contributed by atoms with E-state index in [0.717, 1.165) is 22.9 Å². The average molecular weight is 386 g/mol. The zero-order valence-corrected chi connectivity index (χ0v) is 16.1. The molecule has 2 aromatic carbocycles. The maximum Gasteiger partial charge on any atom is 0.294 e. The summed E-state index contributed by atoms with van der Waals surface area (Å²) >= 11 is 5.85. The van der Waals surface area contributed by atoms with E-state index < -0.39 is 4.92 Å². The molecule has 0 spiro atoms. The molecule has 0 aliphatic rings. The molecule has 0 unspecified atom stereocenters. The fourth-order valence-corrected chi connectivity index (χ4v) is 3.52. The Bertz CT molecular complexity index is 1060. The summed E-state index contributed by atoms with van der Waals surface area (Å²) in [6.45, 7) is 6.56. The van der Waals surface area contributed by atoms with Crippen LogP contribution in [-0.2, 0) is 13.0 Å². The summed E-state index contributed by atoms with van der Waals surface area (Å²) in [5.41, 5.74) is 3.42. The molecule has 0 saturated heterocycles. The van der Waals surface area contributed by atoms with Crippen LogP contribution in [0.25, 0.3) is 10.9 Å². The first-order valence-corrected chi connectivity index (χ1v) is 9.12. The number of benzene rings is 2. The van der Waals surface area contributed by atoms with Crippen molar-refractivity contribution in [2.45, 2.75) is 33.7 Å². The normalized spacial score (nSPS) is 11.0. The van der Waals surface area contributed by atoms with Gasteiger partial charge >= 0.3 is 0 Å². The second-order valence-electron chi connectivity index (χ2n) is 6.30. The first-order valence-electron chi connectivity index (χ1n) is 8.74. The summed E-state index contributed by atoms with van der Waals surface area (Å²) in [5.74, 6) is -0.381. The molecule has 6 nitrogen and oxygen atoms in total. The number of carbonyl (C=O) groups excluding carboxylic acids is 1. The first-order chi connectivity index (χ1) is 12.9. The summed E-state index contributed by atoms with van der Waals surface area (Å²) in [6, 6.07) is 10.4. The lowest BCUT2D eigenvalue weighted by Gasteiger charge is -2.10. The van der Waals surface area contributed by atoms with E-state index in [1.807, 2.05) is 24.5 Å². The molecule has 0 saturated carbocycles. The summed E-state index contributed by atoms with van der Waals surface area (Å²) < 4.78 is 1.93. The van der Waals surface area contributed by atoms with Gasteiger partial charge in [0.1, 0.15) is 11.4 Å². The maximum absolute atomic E-state index is 13.0. The molecule has 1 amide bonds. The van der Waals surface area contributed by atoms with Gasteiger partial charge in [0.2, 0.25) is 0 Å². The van der Waals surface area contributed by atoms with E-state index in [4.69, 9.17) is 11.6 Å². The number of hydrogen-bond donors (Lipinski definition) is 1. The molecule has 3 rings (SSSR count). The topological polar surface area (TPSA) is 77.2 Å². The number of nitrogens with zero attached hydrogens (tertiary/aromatic N) is 2. The van der Waals surface area contributed by atoms with Gasteiger partial charge in [-0.2, -0.15) is 0 Å². The predicted molar refractivity (Wildman–Crippen MR) is 108 cm³/mol. The Hall–Kier alpha value is -2.86. The summed E-state index contributed by atoms with van der Waals surface area (Å²) in [7, 11) is 0. The number of nitro benzene ring substituents is 1. The number of fused-ring (bicyclic) bond motifs is 1. The van der Waals surface area contributed by atoms with Crippen LogP contribution < -0.4 is 5.32 Å². The largest absolute Gasteiger partial charge is 0.337 e. The quantitative estimate of drug-likeness (QED) is 0.475. The Kier molecular flexibility index (Phi) is 5.19. The summed E-state index contributed by atoms with van der Waals surface area (Å²) in [6.07, 6.45) is 0.908. The van der Waals surface area contributed by atoms with Gasteiger partial charge in [0.15, 0.2) is 0 Å². The number of halogens is 1. The number of aryl methyl sites for hydroxylation is 3. The van der Waals surface area contributed by atoms with Crippen molar-refractivity contribution in [1.82, 2.24) is 4.57 Å². The number of anilines is 1. The van der Waals surface area contributed by atoms with Gasteiger partial charge in [-0.05, 0) is 55.7 Å². The Morgan fingerprint density at radius 1 is 1.22 bits per heavy atom. The van der Waals surface area contributed by atoms with Crippen LogP contribution in [0.2, 0.25) is 5.02 Å². The van der Waals surface area contributed by atoms with Gasteiger partial charge in [0.05, 0.1) is 4.92 Å². The average Bonchev–Trinajstić information content (AvgIpc) is 2.94. The van der Waals surface area contributed by atoms with Gasteiger partial charge in [-0.3, -0.25) is 14.9 Å². The van der Waals surface area contributed by atoms with E-state index in [9.17, 15) is 14.9 Å². The molecule has 0 atom stereocenters. The van der Waals surface area contributed by atoms with Gasteiger partial charge in [-0.15, -0.1) is 0 Å². The predicted octanol–water partition coefficient (Wildman–Crippen LogP) is 5.35. The molecule has 1 heterocycles. The molecule has 140 valence electrons. The van der Waals surface area contributed by atoms with Crippen molar-refractivity contribution in [2.75, 3.05) is 5.32 Å². The molecular formula is C20H20ClN3O3. The number of rotatable bonds is 5. The van der Waals surface area contributed by atoms with Crippen molar-refractivity contribution in [2.24, 2.45) is 0 Å². The molecule has 0 aliphatic carbocycles. The molecular weight excluding hydrogens is 366 g/mol. The molecule has 0 aliphatic heterocycles. The molecule has 1 N–H and O–H groups in total. The van der Waals surface area contributed by atoms with E-state index in [0.29, 0.717) is 12.2 Å². The molecule has 7 heteroatoms. The lowest BCUT2D eigenvalue weighted by Crippen LogP contribution is -2.18. The summed E-state index contributed by atoms with van der Waals surface area (Å²) in [4.78, 5) is 23.7. The van der Waals surface area contributed by atoms with Crippen molar-refractivity contribution in [1.29, 1.82) is 0 Å². The number of nitrogens with one attached hydrogen (secondary N) is 1. The Balaban J connectivity index is 2.09. The van der Waals surface area contributed by atoms with E-state index >= 15 is 0 Å². The van der Waals surface area contributed by atoms with Crippen molar-refractivity contribution in [3.63, 3.8) is 0 Å². The minimum absolute atomic E-state index is 0.121. The van der Waals surface area contributed by atoms with Gasteiger partial charge < -0.3 is 9.88 Å². The lowest BCUT2D eigenvalue weighted by molar-refractivity contribution is -0.383. The van der Waals surface area contributed by atoms with E-state index in [2.05, 4.69) is 24.4 Å².